The fourth-order valence-electron chi connectivity index (χ4n) is 3.38. The van der Waals surface area contributed by atoms with Crippen LogP contribution in [0.5, 0.6) is 0 Å². The molecule has 2 saturated heterocycles. The maximum atomic E-state index is 12.7. The topological polar surface area (TPSA) is 32.3 Å². The summed E-state index contributed by atoms with van der Waals surface area (Å²) in [5.74, 6) is 0.980. The Morgan fingerprint density at radius 1 is 1.41 bits per heavy atom. The molecule has 0 spiro atoms. The molecule has 2 heterocycles. The lowest BCUT2D eigenvalue weighted by atomic mass is 9.87. The lowest BCUT2D eigenvalue weighted by Gasteiger charge is -2.35. The molecule has 1 amide bonds. The minimum Gasteiger partial charge on any atom is -0.339 e. The van der Waals surface area contributed by atoms with Crippen LogP contribution in [0.3, 0.4) is 0 Å². The molecule has 122 valence electrons. The molecule has 2 aliphatic rings. The number of carbonyl (C=O) groups is 1. The van der Waals surface area contributed by atoms with Crippen LogP contribution in [0.2, 0.25) is 5.02 Å². The maximum absolute atomic E-state index is 12.7. The van der Waals surface area contributed by atoms with Crippen molar-refractivity contribution in [2.75, 3.05) is 19.6 Å². The van der Waals surface area contributed by atoms with Gasteiger partial charge in [0.2, 0.25) is 5.91 Å². The smallest absolute Gasteiger partial charge is 0.226 e. The Hall–Kier alpha value is -0.770. The van der Waals surface area contributed by atoms with E-state index in [1.807, 2.05) is 18.2 Å². The Morgan fingerprint density at radius 3 is 2.77 bits per heavy atom. The number of carbonyl (C=O) groups excluding carboxylic acids is 1. The zero-order chi connectivity index (χ0) is 14.8. The van der Waals surface area contributed by atoms with E-state index in [0.717, 1.165) is 49.5 Å². The van der Waals surface area contributed by atoms with Crippen LogP contribution in [0.1, 0.15) is 25.3 Å². The van der Waals surface area contributed by atoms with E-state index in [1.54, 1.807) is 0 Å². The van der Waals surface area contributed by atoms with Crippen LogP contribution < -0.4 is 5.32 Å². The number of hydrogen-bond donors (Lipinski definition) is 1. The summed E-state index contributed by atoms with van der Waals surface area (Å²) in [6.07, 6.45) is 3.07. The Bertz CT molecular complexity index is 519. The summed E-state index contributed by atoms with van der Waals surface area (Å²) in [5.41, 5.74) is 1.15. The summed E-state index contributed by atoms with van der Waals surface area (Å²) >= 11 is 6.26. The van der Waals surface area contributed by atoms with E-state index in [2.05, 4.69) is 23.2 Å². The molecule has 1 N–H and O–H groups in total. The van der Waals surface area contributed by atoms with Gasteiger partial charge in [-0.2, -0.15) is 0 Å². The van der Waals surface area contributed by atoms with Crippen LogP contribution in [0.25, 0.3) is 0 Å². The third-order valence-electron chi connectivity index (χ3n) is 4.98. The van der Waals surface area contributed by atoms with Gasteiger partial charge in [-0.3, -0.25) is 4.79 Å². The number of amides is 1. The van der Waals surface area contributed by atoms with Crippen LogP contribution in [0.4, 0.5) is 0 Å². The van der Waals surface area contributed by atoms with Gasteiger partial charge in [-0.25, -0.2) is 0 Å². The Balaban J connectivity index is 0.00000176. The van der Waals surface area contributed by atoms with Gasteiger partial charge in [0.25, 0.3) is 0 Å². The van der Waals surface area contributed by atoms with E-state index >= 15 is 0 Å². The molecule has 0 radical (unpaired) electrons. The van der Waals surface area contributed by atoms with Crippen molar-refractivity contribution in [2.24, 2.45) is 11.8 Å². The number of benzene rings is 1. The molecule has 3 nitrogen and oxygen atoms in total. The second-order valence-electron chi connectivity index (χ2n) is 6.33. The molecular formula is C17H24Cl2N2O. The Kier molecular flexibility index (Phi) is 6.13. The van der Waals surface area contributed by atoms with Crippen molar-refractivity contribution in [3.63, 3.8) is 0 Å². The van der Waals surface area contributed by atoms with Gasteiger partial charge in [0.1, 0.15) is 0 Å². The first-order valence-corrected chi connectivity index (χ1v) is 8.29. The lowest BCUT2D eigenvalue weighted by Crippen LogP contribution is -2.51. The highest BCUT2D eigenvalue weighted by molar-refractivity contribution is 6.31. The normalized spacial score (nSPS) is 22.8. The lowest BCUT2D eigenvalue weighted by molar-refractivity contribution is -0.138. The molecule has 3 rings (SSSR count). The van der Waals surface area contributed by atoms with Gasteiger partial charge in [0.05, 0.1) is 0 Å². The first-order valence-electron chi connectivity index (χ1n) is 7.91. The van der Waals surface area contributed by atoms with Gasteiger partial charge in [-0.1, -0.05) is 36.7 Å². The van der Waals surface area contributed by atoms with Crippen LogP contribution in [-0.2, 0) is 11.2 Å². The molecule has 0 aliphatic carbocycles. The average Bonchev–Trinajstić information content (AvgIpc) is 2.86. The number of nitrogens with zero attached hydrogens (tertiary/aromatic N) is 1. The van der Waals surface area contributed by atoms with Gasteiger partial charge in [0.15, 0.2) is 0 Å². The van der Waals surface area contributed by atoms with Crippen LogP contribution >= 0.6 is 24.0 Å². The maximum Gasteiger partial charge on any atom is 0.226 e. The highest BCUT2D eigenvalue weighted by atomic mass is 35.5. The number of hydrogen-bond acceptors (Lipinski definition) is 2. The average molecular weight is 343 g/mol. The van der Waals surface area contributed by atoms with Crippen molar-refractivity contribution in [3.8, 4) is 0 Å². The minimum atomic E-state index is 0. The Labute approximate surface area is 143 Å². The van der Waals surface area contributed by atoms with E-state index in [0.29, 0.717) is 17.9 Å². The Morgan fingerprint density at radius 2 is 2.14 bits per heavy atom. The van der Waals surface area contributed by atoms with Crippen molar-refractivity contribution in [1.29, 1.82) is 0 Å². The standard InChI is InChI=1S/C17H23ClN2O.ClH/c1-12(14-10-19-11-14)17(21)20-8-4-6-15(20)9-13-5-2-3-7-16(13)18;/h2-3,5,7,12,14-15,19H,4,6,8-11H2,1H3;1H. The summed E-state index contributed by atoms with van der Waals surface area (Å²) in [4.78, 5) is 14.8. The van der Waals surface area contributed by atoms with Crippen molar-refractivity contribution in [1.82, 2.24) is 10.2 Å². The van der Waals surface area contributed by atoms with Gasteiger partial charge in [-0.05, 0) is 49.9 Å². The molecule has 1 aromatic carbocycles. The molecule has 2 atom stereocenters. The third kappa shape index (κ3) is 3.58. The minimum absolute atomic E-state index is 0. The molecule has 0 bridgehead atoms. The van der Waals surface area contributed by atoms with Gasteiger partial charge < -0.3 is 10.2 Å². The zero-order valence-corrected chi connectivity index (χ0v) is 14.5. The second-order valence-corrected chi connectivity index (χ2v) is 6.74. The highest BCUT2D eigenvalue weighted by Gasteiger charge is 2.36. The van der Waals surface area contributed by atoms with Crippen molar-refractivity contribution in [2.45, 2.75) is 32.2 Å². The SMILES string of the molecule is CC(C(=O)N1CCCC1Cc1ccccc1Cl)C1CNC1.Cl. The molecule has 2 unspecified atom stereocenters. The van der Waals surface area contributed by atoms with Gasteiger partial charge >= 0.3 is 0 Å². The van der Waals surface area contributed by atoms with Crippen molar-refractivity contribution in [3.05, 3.63) is 34.9 Å². The molecule has 2 fully saturated rings. The summed E-state index contributed by atoms with van der Waals surface area (Å²) in [7, 11) is 0. The quantitative estimate of drug-likeness (QED) is 0.911. The molecule has 22 heavy (non-hydrogen) atoms. The van der Waals surface area contributed by atoms with E-state index in [4.69, 9.17) is 11.6 Å². The van der Waals surface area contributed by atoms with Gasteiger partial charge in [-0.15, -0.1) is 12.4 Å². The van der Waals surface area contributed by atoms with E-state index in [1.165, 1.54) is 0 Å². The summed E-state index contributed by atoms with van der Waals surface area (Å²) in [5, 5.41) is 4.07. The third-order valence-corrected chi connectivity index (χ3v) is 5.35. The van der Waals surface area contributed by atoms with E-state index in [9.17, 15) is 4.79 Å². The summed E-state index contributed by atoms with van der Waals surface area (Å²) < 4.78 is 0. The molecule has 2 aliphatic heterocycles. The molecule has 0 saturated carbocycles. The highest BCUT2D eigenvalue weighted by Crippen LogP contribution is 2.28. The fourth-order valence-corrected chi connectivity index (χ4v) is 3.60. The number of nitrogens with one attached hydrogen (secondary N) is 1. The van der Waals surface area contributed by atoms with Crippen molar-refractivity contribution < 1.29 is 4.79 Å². The van der Waals surface area contributed by atoms with Crippen LogP contribution in [0, 0.1) is 11.8 Å². The van der Waals surface area contributed by atoms with E-state index < -0.39 is 0 Å². The fraction of sp³-hybridized carbons (Fsp3) is 0.588. The molecule has 0 aromatic heterocycles. The largest absolute Gasteiger partial charge is 0.339 e. The van der Waals surface area contributed by atoms with Crippen LogP contribution in [0.15, 0.2) is 24.3 Å². The number of rotatable bonds is 4. The molecule has 1 aromatic rings. The summed E-state index contributed by atoms with van der Waals surface area (Å²) in [6.45, 7) is 4.95. The van der Waals surface area contributed by atoms with Gasteiger partial charge in [0, 0.05) is 23.5 Å². The monoisotopic (exact) mass is 342 g/mol. The summed E-state index contributed by atoms with van der Waals surface area (Å²) in [6, 6.07) is 8.29. The predicted molar refractivity (Wildman–Crippen MR) is 92.7 cm³/mol. The number of halogens is 2. The second kappa shape index (κ2) is 7.67. The van der Waals surface area contributed by atoms with Crippen molar-refractivity contribution >= 4 is 29.9 Å². The molecule has 5 heteroatoms. The van der Waals surface area contributed by atoms with Crippen LogP contribution in [-0.4, -0.2) is 36.5 Å². The van der Waals surface area contributed by atoms with E-state index in [-0.39, 0.29) is 18.3 Å². The zero-order valence-electron chi connectivity index (χ0n) is 12.9. The number of likely N-dealkylation sites (tertiary alicyclic amines) is 1. The first kappa shape index (κ1) is 17.6. The first-order chi connectivity index (χ1) is 10.2. The molecular weight excluding hydrogens is 319 g/mol. The predicted octanol–water partition coefficient (Wildman–Crippen LogP) is 3.15.